The molecule has 0 amide bonds. The van der Waals surface area contributed by atoms with Crippen LogP contribution in [0.15, 0.2) is 48.5 Å². The third kappa shape index (κ3) is 2.44. The number of ether oxygens (including phenoxy) is 1. The fraction of sp³-hybridized carbons (Fsp3) is 0.235. The predicted octanol–water partition coefficient (Wildman–Crippen LogP) is 3.34. The van der Waals surface area contributed by atoms with Gasteiger partial charge in [-0.25, -0.2) is 4.79 Å². The average molecular weight is 283 g/mol. The van der Waals surface area contributed by atoms with Crippen LogP contribution in [0.2, 0.25) is 0 Å². The summed E-state index contributed by atoms with van der Waals surface area (Å²) in [4.78, 5) is 13.5. The molecule has 0 spiro atoms. The van der Waals surface area contributed by atoms with Crippen LogP contribution < -0.4 is 9.64 Å². The molecule has 21 heavy (non-hydrogen) atoms. The second kappa shape index (κ2) is 5.48. The summed E-state index contributed by atoms with van der Waals surface area (Å²) >= 11 is 0. The third-order valence-electron chi connectivity index (χ3n) is 3.86. The second-order valence-corrected chi connectivity index (χ2v) is 5.09. The molecule has 0 saturated carbocycles. The number of carboxylic acids is 1. The van der Waals surface area contributed by atoms with Crippen molar-refractivity contribution in [3.05, 3.63) is 59.7 Å². The van der Waals surface area contributed by atoms with Gasteiger partial charge < -0.3 is 14.7 Å². The first-order chi connectivity index (χ1) is 10.2. The van der Waals surface area contributed by atoms with E-state index in [1.807, 2.05) is 24.3 Å². The van der Waals surface area contributed by atoms with Crippen LogP contribution in [0.25, 0.3) is 0 Å². The Hall–Kier alpha value is -2.49. The van der Waals surface area contributed by atoms with Crippen molar-refractivity contribution >= 4 is 11.7 Å². The molecule has 0 bridgehead atoms. The number of para-hydroxylation sites is 1. The van der Waals surface area contributed by atoms with Crippen LogP contribution in [0.4, 0.5) is 5.69 Å². The van der Waals surface area contributed by atoms with Crippen LogP contribution in [0.1, 0.15) is 28.9 Å². The molecule has 1 aliphatic rings. The molecular weight excluding hydrogens is 266 g/mol. The maximum Gasteiger partial charge on any atom is 0.339 e. The number of carboxylic acid groups (broad SMARTS) is 1. The number of aromatic carboxylic acids is 1. The van der Waals surface area contributed by atoms with Crippen LogP contribution in [-0.4, -0.2) is 24.2 Å². The molecule has 1 N–H and O–H groups in total. The van der Waals surface area contributed by atoms with Gasteiger partial charge in [0.15, 0.2) is 5.75 Å². The summed E-state index contributed by atoms with van der Waals surface area (Å²) in [5.74, 6) is -0.486. The lowest BCUT2D eigenvalue weighted by Crippen LogP contribution is -2.35. The summed E-state index contributed by atoms with van der Waals surface area (Å²) in [5, 5.41) is 9.28. The van der Waals surface area contributed by atoms with Gasteiger partial charge in [0.2, 0.25) is 0 Å². The average Bonchev–Trinajstić information content (AvgIpc) is 2.53. The maximum absolute atomic E-state index is 11.3. The Morgan fingerprint density at radius 2 is 1.95 bits per heavy atom. The molecular formula is C17H17NO3. The zero-order valence-corrected chi connectivity index (χ0v) is 11.8. The van der Waals surface area contributed by atoms with E-state index in [-0.39, 0.29) is 11.6 Å². The largest absolute Gasteiger partial charge is 0.489 e. The summed E-state index contributed by atoms with van der Waals surface area (Å²) in [6.45, 7) is 3.36. The Balaban J connectivity index is 2.01. The highest BCUT2D eigenvalue weighted by atomic mass is 16.5. The van der Waals surface area contributed by atoms with Gasteiger partial charge in [-0.3, -0.25) is 0 Å². The van der Waals surface area contributed by atoms with Crippen molar-refractivity contribution in [2.45, 2.75) is 13.0 Å². The molecule has 1 atom stereocenters. The van der Waals surface area contributed by atoms with E-state index < -0.39 is 5.97 Å². The smallest absolute Gasteiger partial charge is 0.339 e. The van der Waals surface area contributed by atoms with E-state index in [0.29, 0.717) is 12.4 Å². The Labute approximate surface area is 123 Å². The number of nitrogens with zero attached hydrogens (tertiary/aromatic N) is 1. The summed E-state index contributed by atoms with van der Waals surface area (Å²) in [7, 11) is 0. The van der Waals surface area contributed by atoms with E-state index >= 15 is 0 Å². The molecule has 0 aromatic heterocycles. The first-order valence-corrected chi connectivity index (χ1v) is 6.99. The van der Waals surface area contributed by atoms with Crippen molar-refractivity contribution in [3.8, 4) is 5.75 Å². The fourth-order valence-corrected chi connectivity index (χ4v) is 2.75. The summed E-state index contributed by atoms with van der Waals surface area (Å²) in [6.07, 6.45) is 0. The van der Waals surface area contributed by atoms with E-state index in [1.165, 1.54) is 5.56 Å². The first-order valence-electron chi connectivity index (χ1n) is 6.99. The van der Waals surface area contributed by atoms with Crippen molar-refractivity contribution in [3.63, 3.8) is 0 Å². The monoisotopic (exact) mass is 283 g/mol. The third-order valence-corrected chi connectivity index (χ3v) is 3.86. The first kappa shape index (κ1) is 13.5. The van der Waals surface area contributed by atoms with E-state index in [1.54, 1.807) is 12.1 Å². The quantitative estimate of drug-likeness (QED) is 0.938. The predicted molar refractivity (Wildman–Crippen MR) is 81.1 cm³/mol. The van der Waals surface area contributed by atoms with Gasteiger partial charge in [-0.1, -0.05) is 36.4 Å². The van der Waals surface area contributed by atoms with Crippen LogP contribution in [0, 0.1) is 0 Å². The molecule has 0 fully saturated rings. The molecule has 3 rings (SSSR count). The number of anilines is 1. The standard InChI is InChI=1S/C17H17NO3/c1-12(13-6-3-2-4-7-13)18-10-11-21-16-14(17(19)20)8-5-9-15(16)18/h2-9,12H,10-11H2,1H3,(H,19,20). The van der Waals surface area contributed by atoms with E-state index in [4.69, 9.17) is 4.74 Å². The Bertz CT molecular complexity index is 654. The van der Waals surface area contributed by atoms with Gasteiger partial charge in [-0.2, -0.15) is 0 Å². The highest BCUT2D eigenvalue weighted by Crippen LogP contribution is 2.39. The van der Waals surface area contributed by atoms with Gasteiger partial charge in [0, 0.05) is 0 Å². The highest BCUT2D eigenvalue weighted by Gasteiger charge is 2.27. The molecule has 1 aliphatic heterocycles. The summed E-state index contributed by atoms with van der Waals surface area (Å²) in [5.41, 5.74) is 2.26. The molecule has 0 radical (unpaired) electrons. The maximum atomic E-state index is 11.3. The number of hydrogen-bond donors (Lipinski definition) is 1. The van der Waals surface area contributed by atoms with Crippen LogP contribution >= 0.6 is 0 Å². The molecule has 108 valence electrons. The van der Waals surface area contributed by atoms with Crippen molar-refractivity contribution in [1.82, 2.24) is 0 Å². The Morgan fingerprint density at radius 1 is 1.19 bits per heavy atom. The topological polar surface area (TPSA) is 49.8 Å². The molecule has 1 unspecified atom stereocenters. The fourth-order valence-electron chi connectivity index (χ4n) is 2.75. The van der Waals surface area contributed by atoms with Gasteiger partial charge in [-0.15, -0.1) is 0 Å². The Kier molecular flexibility index (Phi) is 3.52. The van der Waals surface area contributed by atoms with Gasteiger partial charge in [0.05, 0.1) is 18.3 Å². The zero-order valence-electron chi connectivity index (χ0n) is 11.8. The number of rotatable bonds is 3. The van der Waals surface area contributed by atoms with E-state index in [9.17, 15) is 9.90 Å². The van der Waals surface area contributed by atoms with Crippen molar-refractivity contribution < 1.29 is 14.6 Å². The zero-order chi connectivity index (χ0) is 14.8. The SMILES string of the molecule is CC(c1ccccc1)N1CCOc2c(C(=O)O)cccc21. The summed E-state index contributed by atoms with van der Waals surface area (Å²) < 4.78 is 5.61. The second-order valence-electron chi connectivity index (χ2n) is 5.09. The van der Waals surface area contributed by atoms with Gasteiger partial charge in [-0.05, 0) is 24.6 Å². The number of benzene rings is 2. The molecule has 0 saturated heterocycles. The lowest BCUT2D eigenvalue weighted by molar-refractivity contribution is 0.0692. The molecule has 0 aliphatic carbocycles. The number of carbonyl (C=O) groups is 1. The van der Waals surface area contributed by atoms with Crippen molar-refractivity contribution in [2.75, 3.05) is 18.1 Å². The minimum Gasteiger partial charge on any atom is -0.489 e. The molecule has 2 aromatic carbocycles. The number of fused-ring (bicyclic) bond motifs is 1. The minimum absolute atomic E-state index is 0.165. The summed E-state index contributed by atoms with van der Waals surface area (Å²) in [6, 6.07) is 15.6. The van der Waals surface area contributed by atoms with Crippen LogP contribution in [0.5, 0.6) is 5.75 Å². The number of hydrogen-bond acceptors (Lipinski definition) is 3. The molecule has 4 nitrogen and oxygen atoms in total. The van der Waals surface area contributed by atoms with Gasteiger partial charge in [0.25, 0.3) is 0 Å². The minimum atomic E-state index is -0.957. The van der Waals surface area contributed by atoms with Gasteiger partial charge in [0.1, 0.15) is 12.2 Å². The lowest BCUT2D eigenvalue weighted by atomic mass is 10.0. The van der Waals surface area contributed by atoms with Crippen molar-refractivity contribution in [2.24, 2.45) is 0 Å². The molecule has 2 aromatic rings. The normalized spacial score (nSPS) is 15.0. The molecule has 4 heteroatoms. The highest BCUT2D eigenvalue weighted by molar-refractivity contribution is 5.93. The molecule has 1 heterocycles. The van der Waals surface area contributed by atoms with Crippen LogP contribution in [-0.2, 0) is 0 Å². The van der Waals surface area contributed by atoms with E-state index in [2.05, 4.69) is 24.0 Å². The Morgan fingerprint density at radius 3 is 2.67 bits per heavy atom. The van der Waals surface area contributed by atoms with Gasteiger partial charge >= 0.3 is 5.97 Å². The van der Waals surface area contributed by atoms with Crippen LogP contribution in [0.3, 0.4) is 0 Å². The lowest BCUT2D eigenvalue weighted by Gasteiger charge is -2.36. The van der Waals surface area contributed by atoms with Crippen molar-refractivity contribution in [1.29, 1.82) is 0 Å². The van der Waals surface area contributed by atoms with E-state index in [0.717, 1.165) is 12.2 Å².